The number of hydrogen-bond acceptors (Lipinski definition) is 3. The van der Waals surface area contributed by atoms with E-state index in [4.69, 9.17) is 5.11 Å². The molecule has 2 unspecified atom stereocenters. The molecule has 1 heterocycles. The number of hydrogen-bond donors (Lipinski definition) is 2. The van der Waals surface area contributed by atoms with E-state index in [0.717, 1.165) is 45.3 Å². The smallest absolute Gasteiger partial charge is 0.317 e. The molecule has 1 saturated heterocycles. The summed E-state index contributed by atoms with van der Waals surface area (Å²) in [4.78, 5) is 27.7. The molecule has 2 atom stereocenters. The van der Waals surface area contributed by atoms with Gasteiger partial charge in [-0.3, -0.25) is 4.79 Å². The third-order valence-electron chi connectivity index (χ3n) is 4.53. The number of carbonyl (C=O) groups is 2. The van der Waals surface area contributed by atoms with E-state index in [0.29, 0.717) is 5.92 Å². The molecule has 1 aliphatic carbocycles. The summed E-state index contributed by atoms with van der Waals surface area (Å²) >= 11 is 0. The Kier molecular flexibility index (Phi) is 5.45. The lowest BCUT2D eigenvalue weighted by atomic mass is 10.1. The van der Waals surface area contributed by atoms with Crippen LogP contribution in [0.3, 0.4) is 0 Å². The predicted octanol–water partition coefficient (Wildman–Crippen LogP) is 1.37. The van der Waals surface area contributed by atoms with Gasteiger partial charge in [-0.25, -0.2) is 4.79 Å². The van der Waals surface area contributed by atoms with Gasteiger partial charge in [0.25, 0.3) is 0 Å². The van der Waals surface area contributed by atoms with E-state index in [-0.39, 0.29) is 24.5 Å². The monoisotopic (exact) mass is 297 g/mol. The Bertz CT molecular complexity index is 384. The molecule has 120 valence electrons. The fourth-order valence-electron chi connectivity index (χ4n) is 3.12. The molecule has 6 nitrogen and oxygen atoms in total. The van der Waals surface area contributed by atoms with Gasteiger partial charge in [0.05, 0.1) is 6.42 Å². The van der Waals surface area contributed by atoms with Crippen LogP contribution >= 0.6 is 0 Å². The molecular weight excluding hydrogens is 270 g/mol. The van der Waals surface area contributed by atoms with Gasteiger partial charge in [-0.2, -0.15) is 0 Å². The van der Waals surface area contributed by atoms with Crippen molar-refractivity contribution >= 4 is 12.0 Å². The van der Waals surface area contributed by atoms with Gasteiger partial charge in [-0.1, -0.05) is 6.92 Å². The number of nitrogens with one attached hydrogen (secondary N) is 1. The molecule has 0 bridgehead atoms. The van der Waals surface area contributed by atoms with Gasteiger partial charge in [0.2, 0.25) is 0 Å². The van der Waals surface area contributed by atoms with Crippen LogP contribution in [0.5, 0.6) is 0 Å². The Morgan fingerprint density at radius 3 is 2.62 bits per heavy atom. The van der Waals surface area contributed by atoms with Gasteiger partial charge >= 0.3 is 12.0 Å². The Morgan fingerprint density at radius 2 is 2.05 bits per heavy atom. The van der Waals surface area contributed by atoms with Crippen molar-refractivity contribution in [1.82, 2.24) is 15.1 Å². The van der Waals surface area contributed by atoms with Crippen molar-refractivity contribution in [1.29, 1.82) is 0 Å². The Morgan fingerprint density at radius 1 is 1.33 bits per heavy atom. The number of carbonyl (C=O) groups excluding carboxylic acids is 1. The molecule has 0 aromatic heterocycles. The first-order chi connectivity index (χ1) is 10.0. The third-order valence-corrected chi connectivity index (χ3v) is 4.53. The van der Waals surface area contributed by atoms with E-state index >= 15 is 0 Å². The zero-order chi connectivity index (χ0) is 15.4. The van der Waals surface area contributed by atoms with Gasteiger partial charge < -0.3 is 20.2 Å². The maximum atomic E-state index is 12.6. The number of likely N-dealkylation sites (N-methyl/N-ethyl adjacent to an activating group) is 1. The molecule has 0 aromatic carbocycles. The van der Waals surface area contributed by atoms with Gasteiger partial charge in [-0.05, 0) is 45.2 Å². The molecule has 2 fully saturated rings. The van der Waals surface area contributed by atoms with Gasteiger partial charge in [0, 0.05) is 25.2 Å². The average molecular weight is 297 g/mol. The first-order valence-electron chi connectivity index (χ1n) is 7.98. The van der Waals surface area contributed by atoms with E-state index in [1.807, 2.05) is 4.90 Å². The lowest BCUT2D eigenvalue weighted by molar-refractivity contribution is -0.137. The lowest BCUT2D eigenvalue weighted by Crippen LogP contribution is -2.51. The molecule has 6 heteroatoms. The number of nitrogens with zero attached hydrogens (tertiary/aromatic N) is 2. The Balaban J connectivity index is 1.97. The van der Waals surface area contributed by atoms with E-state index in [1.54, 1.807) is 0 Å². The summed E-state index contributed by atoms with van der Waals surface area (Å²) in [6.07, 6.45) is 3.97. The van der Waals surface area contributed by atoms with Crippen LogP contribution in [-0.2, 0) is 4.79 Å². The average Bonchev–Trinajstić information content (AvgIpc) is 3.23. The van der Waals surface area contributed by atoms with Crippen LogP contribution in [0.25, 0.3) is 0 Å². The topological polar surface area (TPSA) is 72.9 Å². The van der Waals surface area contributed by atoms with Crippen LogP contribution in [0, 0.1) is 5.92 Å². The van der Waals surface area contributed by atoms with Crippen LogP contribution < -0.4 is 5.32 Å². The number of amides is 2. The first kappa shape index (κ1) is 16.1. The first-order valence-corrected chi connectivity index (χ1v) is 7.98. The van der Waals surface area contributed by atoms with Crippen molar-refractivity contribution in [3.63, 3.8) is 0 Å². The SMILES string of the molecule is CCC1CN(C)CCCN1C(=O)NC(CC(=O)O)C1CC1. The van der Waals surface area contributed by atoms with Crippen molar-refractivity contribution in [2.75, 3.05) is 26.7 Å². The molecule has 2 amide bonds. The second-order valence-electron chi connectivity index (χ2n) is 6.36. The number of carboxylic acid groups (broad SMARTS) is 1. The summed E-state index contributed by atoms with van der Waals surface area (Å²) < 4.78 is 0. The molecule has 0 aromatic rings. The highest BCUT2D eigenvalue weighted by Gasteiger charge is 2.35. The number of urea groups is 1. The summed E-state index contributed by atoms with van der Waals surface area (Å²) in [5, 5.41) is 12.0. The van der Waals surface area contributed by atoms with Crippen LogP contribution in [0.15, 0.2) is 0 Å². The minimum Gasteiger partial charge on any atom is -0.481 e. The highest BCUT2D eigenvalue weighted by atomic mass is 16.4. The maximum absolute atomic E-state index is 12.6. The zero-order valence-corrected chi connectivity index (χ0v) is 13.0. The Hall–Kier alpha value is -1.30. The largest absolute Gasteiger partial charge is 0.481 e. The minimum atomic E-state index is -0.838. The van der Waals surface area contributed by atoms with E-state index in [2.05, 4.69) is 24.2 Å². The summed E-state index contributed by atoms with van der Waals surface area (Å²) in [7, 11) is 2.08. The Labute approximate surface area is 126 Å². The summed E-state index contributed by atoms with van der Waals surface area (Å²) in [5.41, 5.74) is 0. The van der Waals surface area contributed by atoms with Crippen molar-refractivity contribution in [2.24, 2.45) is 5.92 Å². The second kappa shape index (κ2) is 7.11. The fraction of sp³-hybridized carbons (Fsp3) is 0.867. The molecule has 1 aliphatic heterocycles. The molecule has 0 spiro atoms. The van der Waals surface area contributed by atoms with Crippen LogP contribution in [0.4, 0.5) is 4.79 Å². The van der Waals surface area contributed by atoms with Crippen molar-refractivity contribution in [2.45, 2.75) is 51.1 Å². The van der Waals surface area contributed by atoms with Gasteiger partial charge in [0.15, 0.2) is 0 Å². The molecular formula is C15H27N3O3. The zero-order valence-electron chi connectivity index (χ0n) is 13.0. The van der Waals surface area contributed by atoms with Gasteiger partial charge in [0.1, 0.15) is 0 Å². The minimum absolute atomic E-state index is 0.0287. The van der Waals surface area contributed by atoms with Crippen LogP contribution in [0.2, 0.25) is 0 Å². The van der Waals surface area contributed by atoms with Crippen LogP contribution in [-0.4, -0.2) is 65.7 Å². The second-order valence-corrected chi connectivity index (χ2v) is 6.36. The summed E-state index contributed by atoms with van der Waals surface area (Å²) in [5.74, 6) is -0.491. The molecule has 21 heavy (non-hydrogen) atoms. The van der Waals surface area contributed by atoms with E-state index in [9.17, 15) is 9.59 Å². The molecule has 2 N–H and O–H groups in total. The maximum Gasteiger partial charge on any atom is 0.317 e. The highest BCUT2D eigenvalue weighted by Crippen LogP contribution is 2.34. The summed E-state index contributed by atoms with van der Waals surface area (Å²) in [6.45, 7) is 4.73. The molecule has 1 saturated carbocycles. The van der Waals surface area contributed by atoms with Crippen molar-refractivity contribution in [3.8, 4) is 0 Å². The third kappa shape index (κ3) is 4.59. The molecule has 2 rings (SSSR count). The normalized spacial score (nSPS) is 25.2. The van der Waals surface area contributed by atoms with Gasteiger partial charge in [-0.15, -0.1) is 0 Å². The summed E-state index contributed by atoms with van der Waals surface area (Å²) in [6, 6.07) is -0.0917. The highest BCUT2D eigenvalue weighted by molar-refractivity contribution is 5.76. The number of carboxylic acids is 1. The number of aliphatic carboxylic acids is 1. The predicted molar refractivity (Wildman–Crippen MR) is 80.2 cm³/mol. The lowest BCUT2D eigenvalue weighted by Gasteiger charge is -2.32. The fourth-order valence-corrected chi connectivity index (χ4v) is 3.12. The quantitative estimate of drug-likeness (QED) is 0.804. The number of rotatable bonds is 5. The van der Waals surface area contributed by atoms with Crippen molar-refractivity contribution < 1.29 is 14.7 Å². The molecule has 2 aliphatic rings. The molecule has 0 radical (unpaired) electrons. The van der Waals surface area contributed by atoms with Crippen molar-refractivity contribution in [3.05, 3.63) is 0 Å². The van der Waals surface area contributed by atoms with E-state index < -0.39 is 5.97 Å². The van der Waals surface area contributed by atoms with E-state index in [1.165, 1.54) is 0 Å². The van der Waals surface area contributed by atoms with Crippen LogP contribution in [0.1, 0.15) is 39.0 Å². The standard InChI is InChI=1S/C15H27N3O3/c1-3-12-10-17(2)7-4-8-18(12)15(21)16-13(9-14(19)20)11-5-6-11/h11-13H,3-10H2,1-2H3,(H,16,21)(H,19,20).